The molecule has 1 atom stereocenters. The first kappa shape index (κ1) is 15.0. The lowest BCUT2D eigenvalue weighted by Gasteiger charge is -2.12. The molecule has 8 heteroatoms. The van der Waals surface area contributed by atoms with E-state index in [0.717, 1.165) is 10.2 Å². The van der Waals surface area contributed by atoms with Crippen LogP contribution in [-0.2, 0) is 9.53 Å². The van der Waals surface area contributed by atoms with Gasteiger partial charge in [0.15, 0.2) is 5.16 Å². The molecule has 0 aromatic carbocycles. The molecule has 2 aromatic heterocycles. The van der Waals surface area contributed by atoms with E-state index in [9.17, 15) is 4.79 Å². The highest BCUT2D eigenvalue weighted by Crippen LogP contribution is 2.26. The van der Waals surface area contributed by atoms with E-state index in [1.54, 1.807) is 7.11 Å². The molecule has 1 amide bonds. The van der Waals surface area contributed by atoms with Crippen LogP contribution < -0.4 is 11.1 Å². The Labute approximate surface area is 125 Å². The van der Waals surface area contributed by atoms with Gasteiger partial charge in [-0.05, 0) is 18.4 Å². The number of thiophene rings is 1. The molecule has 0 saturated carbocycles. The molecule has 2 rings (SSSR count). The summed E-state index contributed by atoms with van der Waals surface area (Å²) in [7, 11) is 1.60. The lowest BCUT2D eigenvalue weighted by molar-refractivity contribution is -0.119. The molecule has 0 aliphatic rings. The summed E-state index contributed by atoms with van der Waals surface area (Å²) in [6, 6.07) is 1.88. The summed E-state index contributed by atoms with van der Waals surface area (Å²) in [6.07, 6.45) is 0. The fourth-order valence-electron chi connectivity index (χ4n) is 1.66. The maximum atomic E-state index is 11.7. The number of carbonyl (C=O) groups is 1. The van der Waals surface area contributed by atoms with Gasteiger partial charge in [-0.25, -0.2) is 9.97 Å². The van der Waals surface area contributed by atoms with Crippen molar-refractivity contribution in [2.75, 3.05) is 25.2 Å². The van der Waals surface area contributed by atoms with E-state index in [-0.39, 0.29) is 17.7 Å². The van der Waals surface area contributed by atoms with Crippen LogP contribution >= 0.6 is 23.1 Å². The van der Waals surface area contributed by atoms with Gasteiger partial charge in [0.25, 0.3) is 0 Å². The van der Waals surface area contributed by atoms with Crippen LogP contribution in [0.25, 0.3) is 10.2 Å². The number of fused-ring (bicyclic) bond motifs is 1. The van der Waals surface area contributed by atoms with Gasteiger partial charge in [0, 0.05) is 13.2 Å². The van der Waals surface area contributed by atoms with E-state index in [1.165, 1.54) is 23.1 Å². The molecule has 6 nitrogen and oxygen atoms in total. The van der Waals surface area contributed by atoms with Gasteiger partial charge in [-0.3, -0.25) is 4.79 Å². The fourth-order valence-corrected chi connectivity index (χ4v) is 3.15. The number of nitrogens with one attached hydrogen (secondary N) is 1. The van der Waals surface area contributed by atoms with Crippen LogP contribution in [0.3, 0.4) is 0 Å². The highest BCUT2D eigenvalue weighted by Gasteiger charge is 2.11. The van der Waals surface area contributed by atoms with Crippen LogP contribution in [0.15, 0.2) is 16.6 Å². The van der Waals surface area contributed by atoms with Gasteiger partial charge in [-0.2, -0.15) is 0 Å². The molecule has 1 unspecified atom stereocenters. The summed E-state index contributed by atoms with van der Waals surface area (Å²) in [5.41, 5.74) is 5.85. The lowest BCUT2D eigenvalue weighted by Crippen LogP contribution is -2.36. The number of nitrogens with two attached hydrogens (primary N) is 1. The topological polar surface area (TPSA) is 90.1 Å². The minimum atomic E-state index is -0.0759. The Morgan fingerprint density at radius 1 is 1.60 bits per heavy atom. The van der Waals surface area contributed by atoms with Crippen LogP contribution in [0, 0.1) is 0 Å². The van der Waals surface area contributed by atoms with Gasteiger partial charge >= 0.3 is 0 Å². The van der Waals surface area contributed by atoms with Crippen LogP contribution in [0.5, 0.6) is 0 Å². The number of nitrogen functional groups attached to an aromatic ring is 1. The Hall–Kier alpha value is -1.38. The number of hydrogen-bond donors (Lipinski definition) is 2. The zero-order valence-electron chi connectivity index (χ0n) is 11.3. The summed E-state index contributed by atoms with van der Waals surface area (Å²) in [6.45, 7) is 2.37. The molecule has 0 saturated heterocycles. The number of hydrogen-bond acceptors (Lipinski definition) is 7. The van der Waals surface area contributed by atoms with Gasteiger partial charge in [0.2, 0.25) is 5.91 Å². The number of methoxy groups -OCH3 is 1. The second-order valence-corrected chi connectivity index (χ2v) is 6.08. The second-order valence-electron chi connectivity index (χ2n) is 4.24. The first-order chi connectivity index (χ1) is 9.60. The molecular formula is C12H16N4O2S2. The quantitative estimate of drug-likeness (QED) is 0.621. The van der Waals surface area contributed by atoms with E-state index in [0.29, 0.717) is 17.6 Å². The van der Waals surface area contributed by atoms with Crippen molar-refractivity contribution in [1.82, 2.24) is 15.3 Å². The highest BCUT2D eigenvalue weighted by molar-refractivity contribution is 7.99. The largest absolute Gasteiger partial charge is 0.383 e. The van der Waals surface area contributed by atoms with E-state index in [2.05, 4.69) is 15.3 Å². The number of aromatic nitrogens is 2. The Bertz CT molecular complexity index is 602. The number of anilines is 1. The smallest absolute Gasteiger partial charge is 0.230 e. The first-order valence-corrected chi connectivity index (χ1v) is 7.88. The maximum absolute atomic E-state index is 11.7. The SMILES string of the molecule is COCC(C)NC(=O)CSc1nc(N)c2ccsc2n1. The van der Waals surface area contributed by atoms with Gasteiger partial charge in [0.05, 0.1) is 17.7 Å². The Morgan fingerprint density at radius 2 is 2.40 bits per heavy atom. The predicted octanol–water partition coefficient (Wildman–Crippen LogP) is 1.52. The number of amides is 1. The average Bonchev–Trinajstić information content (AvgIpc) is 2.85. The third kappa shape index (κ3) is 3.81. The van der Waals surface area contributed by atoms with E-state index in [1.807, 2.05) is 18.4 Å². The molecule has 0 spiro atoms. The molecular weight excluding hydrogens is 296 g/mol. The molecule has 20 heavy (non-hydrogen) atoms. The monoisotopic (exact) mass is 312 g/mol. The summed E-state index contributed by atoms with van der Waals surface area (Å²) in [5, 5.41) is 6.13. The summed E-state index contributed by atoms with van der Waals surface area (Å²) in [5.74, 6) is 0.629. The van der Waals surface area contributed by atoms with Gasteiger partial charge in [-0.15, -0.1) is 11.3 Å². The minimum absolute atomic E-state index is 0.0149. The molecule has 0 radical (unpaired) electrons. The fraction of sp³-hybridized carbons (Fsp3) is 0.417. The van der Waals surface area contributed by atoms with Gasteiger partial charge < -0.3 is 15.8 Å². The number of thioether (sulfide) groups is 1. The zero-order chi connectivity index (χ0) is 14.5. The predicted molar refractivity (Wildman–Crippen MR) is 82.0 cm³/mol. The van der Waals surface area contributed by atoms with Crippen molar-refractivity contribution in [2.45, 2.75) is 18.1 Å². The second kappa shape index (κ2) is 6.87. The summed E-state index contributed by atoms with van der Waals surface area (Å²) >= 11 is 2.78. The lowest BCUT2D eigenvalue weighted by atomic mass is 10.3. The molecule has 2 heterocycles. The number of ether oxygens (including phenoxy) is 1. The molecule has 2 aromatic rings. The first-order valence-electron chi connectivity index (χ1n) is 6.02. The van der Waals surface area contributed by atoms with Crippen molar-refractivity contribution in [3.05, 3.63) is 11.4 Å². The molecule has 0 bridgehead atoms. The van der Waals surface area contributed by atoms with Crippen molar-refractivity contribution in [2.24, 2.45) is 0 Å². The molecule has 0 aliphatic heterocycles. The normalized spacial score (nSPS) is 12.5. The minimum Gasteiger partial charge on any atom is -0.383 e. The number of nitrogens with zero attached hydrogens (tertiary/aromatic N) is 2. The van der Waals surface area contributed by atoms with Crippen molar-refractivity contribution in [1.29, 1.82) is 0 Å². The molecule has 3 N–H and O–H groups in total. The van der Waals surface area contributed by atoms with Crippen LogP contribution in [0.2, 0.25) is 0 Å². The van der Waals surface area contributed by atoms with Crippen LogP contribution in [0.4, 0.5) is 5.82 Å². The maximum Gasteiger partial charge on any atom is 0.230 e. The van der Waals surface area contributed by atoms with Crippen LogP contribution in [0.1, 0.15) is 6.92 Å². The zero-order valence-corrected chi connectivity index (χ0v) is 12.9. The summed E-state index contributed by atoms with van der Waals surface area (Å²) < 4.78 is 4.96. The third-order valence-corrected chi connectivity index (χ3v) is 4.14. The number of rotatable bonds is 6. The number of carbonyl (C=O) groups excluding carboxylic acids is 1. The van der Waals surface area contributed by atoms with Crippen molar-refractivity contribution >= 4 is 45.0 Å². The highest BCUT2D eigenvalue weighted by atomic mass is 32.2. The summed E-state index contributed by atoms with van der Waals surface area (Å²) in [4.78, 5) is 21.1. The Kier molecular flexibility index (Phi) is 5.16. The van der Waals surface area contributed by atoms with E-state index < -0.39 is 0 Å². The van der Waals surface area contributed by atoms with Crippen molar-refractivity contribution < 1.29 is 9.53 Å². The van der Waals surface area contributed by atoms with Gasteiger partial charge in [-0.1, -0.05) is 11.8 Å². The molecule has 0 fully saturated rings. The van der Waals surface area contributed by atoms with E-state index in [4.69, 9.17) is 10.5 Å². The Balaban J connectivity index is 1.93. The average molecular weight is 312 g/mol. The van der Waals surface area contributed by atoms with Crippen molar-refractivity contribution in [3.63, 3.8) is 0 Å². The Morgan fingerprint density at radius 3 is 3.15 bits per heavy atom. The van der Waals surface area contributed by atoms with Crippen LogP contribution in [-0.4, -0.2) is 41.4 Å². The van der Waals surface area contributed by atoms with E-state index >= 15 is 0 Å². The third-order valence-electron chi connectivity index (χ3n) is 2.49. The van der Waals surface area contributed by atoms with Crippen molar-refractivity contribution in [3.8, 4) is 0 Å². The molecule has 108 valence electrons. The van der Waals surface area contributed by atoms with Gasteiger partial charge in [0.1, 0.15) is 10.6 Å². The standard InChI is InChI=1S/C12H16N4O2S2/c1-7(5-18-2)14-9(17)6-20-12-15-10(13)8-3-4-19-11(8)16-12/h3-4,7H,5-6H2,1-2H3,(H,14,17)(H2,13,15,16). The molecule has 0 aliphatic carbocycles.